The van der Waals surface area contributed by atoms with E-state index in [0.29, 0.717) is 23.4 Å². The van der Waals surface area contributed by atoms with Crippen molar-refractivity contribution in [2.24, 2.45) is 11.3 Å². The zero-order valence-corrected chi connectivity index (χ0v) is 15.0. The van der Waals surface area contributed by atoms with Gasteiger partial charge in [0, 0.05) is 25.6 Å². The van der Waals surface area contributed by atoms with E-state index in [2.05, 4.69) is 29.4 Å². The van der Waals surface area contributed by atoms with Gasteiger partial charge in [0.15, 0.2) is 0 Å². The van der Waals surface area contributed by atoms with Gasteiger partial charge in [0.05, 0.1) is 0 Å². The molecule has 1 aliphatic heterocycles. The summed E-state index contributed by atoms with van der Waals surface area (Å²) in [5, 5.41) is 13.1. The highest BCUT2D eigenvalue weighted by Crippen LogP contribution is 2.42. The minimum Gasteiger partial charge on any atom is -0.381 e. The SMILES string of the molecule is CC1(C)CCCCC1CC(=O)Nc1nnc(C2CCOCC2)s1. The fraction of sp³-hybridized carbons (Fsp3) is 0.824. The number of anilines is 1. The molecule has 0 aromatic carbocycles. The Labute approximate surface area is 142 Å². The van der Waals surface area contributed by atoms with Crippen LogP contribution < -0.4 is 5.32 Å². The number of ether oxygens (including phenoxy) is 1. The zero-order valence-electron chi connectivity index (χ0n) is 14.1. The normalized spacial score (nSPS) is 25.2. The highest BCUT2D eigenvalue weighted by Gasteiger charge is 2.33. The van der Waals surface area contributed by atoms with E-state index in [4.69, 9.17) is 4.74 Å². The van der Waals surface area contributed by atoms with Crippen molar-refractivity contribution in [3.05, 3.63) is 5.01 Å². The van der Waals surface area contributed by atoms with Crippen molar-refractivity contribution in [2.45, 2.75) is 64.7 Å². The molecule has 0 spiro atoms. The molecular formula is C17H27N3O2S. The molecule has 1 saturated heterocycles. The van der Waals surface area contributed by atoms with Crippen LogP contribution in [0.15, 0.2) is 0 Å². The molecule has 2 fully saturated rings. The van der Waals surface area contributed by atoms with Crippen molar-refractivity contribution in [2.75, 3.05) is 18.5 Å². The van der Waals surface area contributed by atoms with E-state index in [1.165, 1.54) is 30.6 Å². The van der Waals surface area contributed by atoms with Gasteiger partial charge in [-0.2, -0.15) is 0 Å². The van der Waals surface area contributed by atoms with Crippen LogP contribution in [0.4, 0.5) is 5.13 Å². The van der Waals surface area contributed by atoms with E-state index in [-0.39, 0.29) is 11.3 Å². The zero-order chi connectivity index (χ0) is 16.3. The number of hydrogen-bond acceptors (Lipinski definition) is 5. The quantitative estimate of drug-likeness (QED) is 0.902. The lowest BCUT2D eigenvalue weighted by Gasteiger charge is -2.38. The van der Waals surface area contributed by atoms with E-state index >= 15 is 0 Å². The average molecular weight is 337 g/mol. The molecule has 1 aliphatic carbocycles. The summed E-state index contributed by atoms with van der Waals surface area (Å²) in [5.41, 5.74) is 0.268. The second-order valence-electron chi connectivity index (χ2n) is 7.52. The summed E-state index contributed by atoms with van der Waals surface area (Å²) in [4.78, 5) is 12.4. The molecular weight excluding hydrogens is 310 g/mol. The maximum Gasteiger partial charge on any atom is 0.226 e. The van der Waals surface area contributed by atoms with Crippen LogP contribution in [0.1, 0.15) is 69.7 Å². The molecule has 2 heterocycles. The molecule has 1 amide bonds. The predicted molar refractivity (Wildman–Crippen MR) is 91.7 cm³/mol. The van der Waals surface area contributed by atoms with E-state index in [9.17, 15) is 4.79 Å². The van der Waals surface area contributed by atoms with Gasteiger partial charge in [-0.25, -0.2) is 0 Å². The molecule has 128 valence electrons. The van der Waals surface area contributed by atoms with Crippen molar-refractivity contribution in [1.29, 1.82) is 0 Å². The molecule has 0 bridgehead atoms. The van der Waals surface area contributed by atoms with Crippen molar-refractivity contribution >= 4 is 22.4 Å². The summed E-state index contributed by atoms with van der Waals surface area (Å²) in [6.45, 7) is 6.17. The molecule has 3 rings (SSSR count). The lowest BCUT2D eigenvalue weighted by Crippen LogP contribution is -2.31. The third-order valence-corrected chi connectivity index (χ3v) is 6.42. The topological polar surface area (TPSA) is 64.1 Å². The maximum absolute atomic E-state index is 12.4. The number of aromatic nitrogens is 2. The Morgan fingerprint density at radius 3 is 2.78 bits per heavy atom. The Morgan fingerprint density at radius 1 is 1.26 bits per heavy atom. The second kappa shape index (κ2) is 7.26. The molecule has 5 nitrogen and oxygen atoms in total. The summed E-state index contributed by atoms with van der Waals surface area (Å²) in [5.74, 6) is 0.989. The van der Waals surface area contributed by atoms with Crippen molar-refractivity contribution in [3.8, 4) is 0 Å². The van der Waals surface area contributed by atoms with Crippen LogP contribution in [-0.2, 0) is 9.53 Å². The Kier molecular flexibility index (Phi) is 5.31. The molecule has 1 aromatic rings. The van der Waals surface area contributed by atoms with Gasteiger partial charge in [0.2, 0.25) is 11.0 Å². The van der Waals surface area contributed by atoms with E-state index in [0.717, 1.165) is 37.5 Å². The summed E-state index contributed by atoms with van der Waals surface area (Å²) >= 11 is 1.52. The average Bonchev–Trinajstić information content (AvgIpc) is 2.98. The number of carbonyl (C=O) groups excluding carboxylic acids is 1. The molecule has 1 N–H and O–H groups in total. The van der Waals surface area contributed by atoms with Crippen molar-refractivity contribution < 1.29 is 9.53 Å². The van der Waals surface area contributed by atoms with E-state index in [1.807, 2.05) is 0 Å². The van der Waals surface area contributed by atoms with Crippen LogP contribution in [0, 0.1) is 11.3 Å². The van der Waals surface area contributed by atoms with Crippen LogP contribution >= 0.6 is 11.3 Å². The van der Waals surface area contributed by atoms with Crippen LogP contribution in [-0.4, -0.2) is 29.3 Å². The Bertz CT molecular complexity index is 538. The predicted octanol–water partition coefficient (Wildman–Crippen LogP) is 3.98. The van der Waals surface area contributed by atoms with Gasteiger partial charge in [0.25, 0.3) is 0 Å². The largest absolute Gasteiger partial charge is 0.381 e. The smallest absolute Gasteiger partial charge is 0.226 e. The van der Waals surface area contributed by atoms with Gasteiger partial charge in [0.1, 0.15) is 5.01 Å². The van der Waals surface area contributed by atoms with Gasteiger partial charge >= 0.3 is 0 Å². The first-order valence-electron chi connectivity index (χ1n) is 8.75. The second-order valence-corrected chi connectivity index (χ2v) is 8.52. The van der Waals surface area contributed by atoms with Gasteiger partial charge in [-0.05, 0) is 37.0 Å². The van der Waals surface area contributed by atoms with E-state index < -0.39 is 0 Å². The molecule has 6 heteroatoms. The third-order valence-electron chi connectivity index (χ3n) is 5.42. The van der Waals surface area contributed by atoms with E-state index in [1.54, 1.807) is 0 Å². The summed E-state index contributed by atoms with van der Waals surface area (Å²) in [7, 11) is 0. The fourth-order valence-electron chi connectivity index (χ4n) is 3.73. The summed E-state index contributed by atoms with van der Waals surface area (Å²) in [6.07, 6.45) is 7.50. The molecule has 1 atom stereocenters. The maximum atomic E-state index is 12.4. The van der Waals surface area contributed by atoms with Crippen LogP contribution in [0.2, 0.25) is 0 Å². The highest BCUT2D eigenvalue weighted by atomic mass is 32.1. The molecule has 1 saturated carbocycles. The first-order valence-corrected chi connectivity index (χ1v) is 9.57. The van der Waals surface area contributed by atoms with Crippen molar-refractivity contribution in [1.82, 2.24) is 10.2 Å². The number of nitrogens with zero attached hydrogens (tertiary/aromatic N) is 2. The molecule has 23 heavy (non-hydrogen) atoms. The Hall–Kier alpha value is -1.01. The lowest BCUT2D eigenvalue weighted by atomic mass is 9.67. The molecule has 1 unspecified atom stereocenters. The summed E-state index contributed by atoms with van der Waals surface area (Å²) in [6, 6.07) is 0. The van der Waals surface area contributed by atoms with Crippen LogP contribution in [0.5, 0.6) is 0 Å². The fourth-order valence-corrected chi connectivity index (χ4v) is 4.66. The lowest BCUT2D eigenvalue weighted by molar-refractivity contribution is -0.118. The minimum absolute atomic E-state index is 0.0830. The number of rotatable bonds is 4. The molecule has 1 aromatic heterocycles. The van der Waals surface area contributed by atoms with Gasteiger partial charge in [-0.1, -0.05) is 38.0 Å². The van der Waals surface area contributed by atoms with Gasteiger partial charge in [-0.3, -0.25) is 4.79 Å². The molecule has 2 aliphatic rings. The minimum atomic E-state index is 0.0830. The number of amides is 1. The monoisotopic (exact) mass is 337 g/mol. The Morgan fingerprint density at radius 2 is 2.04 bits per heavy atom. The van der Waals surface area contributed by atoms with Gasteiger partial charge in [-0.15, -0.1) is 10.2 Å². The van der Waals surface area contributed by atoms with Crippen LogP contribution in [0.25, 0.3) is 0 Å². The third kappa shape index (κ3) is 4.29. The highest BCUT2D eigenvalue weighted by molar-refractivity contribution is 7.15. The first-order chi connectivity index (χ1) is 11.0. The number of hydrogen-bond donors (Lipinski definition) is 1. The summed E-state index contributed by atoms with van der Waals surface area (Å²) < 4.78 is 5.38. The first kappa shape index (κ1) is 16.8. The molecule has 0 radical (unpaired) electrons. The van der Waals surface area contributed by atoms with Crippen molar-refractivity contribution in [3.63, 3.8) is 0 Å². The van der Waals surface area contributed by atoms with Crippen LogP contribution in [0.3, 0.4) is 0 Å². The Balaban J connectivity index is 1.54. The number of nitrogens with one attached hydrogen (secondary N) is 1. The standard InChI is InChI=1S/C17H27N3O2S/c1-17(2)8-4-3-5-13(17)11-14(21)18-16-20-19-15(23-16)12-6-9-22-10-7-12/h12-13H,3-11H2,1-2H3,(H,18,20,21). The van der Waals surface area contributed by atoms with Gasteiger partial charge < -0.3 is 10.1 Å². The number of carbonyl (C=O) groups is 1.